The van der Waals surface area contributed by atoms with E-state index in [9.17, 15) is 0 Å². The minimum Gasteiger partial charge on any atom is -0.366 e. The van der Waals surface area contributed by atoms with Gasteiger partial charge in [0, 0.05) is 12.2 Å². The van der Waals surface area contributed by atoms with Gasteiger partial charge in [-0.3, -0.25) is 0 Å². The van der Waals surface area contributed by atoms with Crippen LogP contribution in [-0.4, -0.2) is 11.0 Å². The average molecular weight is 247 g/mol. The van der Waals surface area contributed by atoms with Gasteiger partial charge in [0.2, 0.25) is 0 Å². The molecule has 2 unspecified atom stereocenters. The fraction of sp³-hybridized carbons (Fsp3) is 0.545. The molecule has 1 aromatic rings. The molecule has 0 bridgehead atoms. The third-order valence-electron chi connectivity index (χ3n) is 2.67. The fourth-order valence-corrected chi connectivity index (χ4v) is 1.67. The predicted molar refractivity (Wildman–Crippen MR) is 66.8 cm³/mol. The van der Waals surface area contributed by atoms with Gasteiger partial charge in [-0.1, -0.05) is 43.5 Å². The number of aromatic nitrogens is 1. The molecule has 15 heavy (non-hydrogen) atoms. The van der Waals surface area contributed by atoms with Crippen molar-refractivity contribution in [1.29, 1.82) is 0 Å². The molecule has 1 heterocycles. The molecule has 1 aromatic heterocycles. The van der Waals surface area contributed by atoms with Gasteiger partial charge in [0.1, 0.15) is 5.82 Å². The van der Waals surface area contributed by atoms with Crippen LogP contribution >= 0.6 is 23.2 Å². The van der Waals surface area contributed by atoms with Crippen molar-refractivity contribution in [2.75, 3.05) is 5.32 Å². The molecule has 1 rings (SSSR count). The van der Waals surface area contributed by atoms with Gasteiger partial charge in [0.25, 0.3) is 0 Å². The Balaban J connectivity index is 2.72. The Morgan fingerprint density at radius 1 is 1.40 bits per heavy atom. The van der Waals surface area contributed by atoms with Gasteiger partial charge in [0.15, 0.2) is 0 Å². The summed E-state index contributed by atoms with van der Waals surface area (Å²) in [5.41, 5.74) is 0. The van der Waals surface area contributed by atoms with Crippen LogP contribution in [0.15, 0.2) is 12.3 Å². The van der Waals surface area contributed by atoms with Crippen LogP contribution in [0.5, 0.6) is 0 Å². The zero-order chi connectivity index (χ0) is 11.4. The van der Waals surface area contributed by atoms with Crippen molar-refractivity contribution >= 4 is 29.0 Å². The zero-order valence-electron chi connectivity index (χ0n) is 9.22. The standard InChI is InChI=1S/C11H16Cl2N2/c1-4-7(2)8(3)15-11-10(13)5-9(12)6-14-11/h5-8H,4H2,1-3H3,(H,14,15). The maximum Gasteiger partial charge on any atom is 0.145 e. The Labute approximate surface area is 101 Å². The monoisotopic (exact) mass is 246 g/mol. The molecule has 1 N–H and O–H groups in total. The van der Waals surface area contributed by atoms with Gasteiger partial charge < -0.3 is 5.32 Å². The number of nitrogens with one attached hydrogen (secondary N) is 1. The van der Waals surface area contributed by atoms with E-state index < -0.39 is 0 Å². The van der Waals surface area contributed by atoms with E-state index in [0.29, 0.717) is 27.8 Å². The summed E-state index contributed by atoms with van der Waals surface area (Å²) in [7, 11) is 0. The Kier molecular flexibility index (Phi) is 4.68. The topological polar surface area (TPSA) is 24.9 Å². The van der Waals surface area contributed by atoms with E-state index in [0.717, 1.165) is 6.42 Å². The first-order valence-electron chi connectivity index (χ1n) is 5.12. The molecule has 0 saturated heterocycles. The van der Waals surface area contributed by atoms with Gasteiger partial charge in [0.05, 0.1) is 10.0 Å². The van der Waals surface area contributed by atoms with Gasteiger partial charge in [-0.2, -0.15) is 0 Å². The maximum absolute atomic E-state index is 6.01. The van der Waals surface area contributed by atoms with E-state index in [-0.39, 0.29) is 0 Å². The molecular formula is C11H16Cl2N2. The molecule has 0 aliphatic rings. The highest BCUT2D eigenvalue weighted by atomic mass is 35.5. The Bertz CT molecular complexity index is 328. The van der Waals surface area contributed by atoms with Crippen molar-refractivity contribution in [2.24, 2.45) is 5.92 Å². The van der Waals surface area contributed by atoms with E-state index in [1.54, 1.807) is 12.3 Å². The number of nitrogens with zero attached hydrogens (tertiary/aromatic N) is 1. The maximum atomic E-state index is 6.01. The van der Waals surface area contributed by atoms with Crippen molar-refractivity contribution in [3.8, 4) is 0 Å². The first-order valence-corrected chi connectivity index (χ1v) is 5.87. The molecule has 4 heteroatoms. The lowest BCUT2D eigenvalue weighted by Crippen LogP contribution is -2.23. The van der Waals surface area contributed by atoms with Crippen LogP contribution in [0.2, 0.25) is 10.0 Å². The molecule has 0 amide bonds. The van der Waals surface area contributed by atoms with E-state index in [1.165, 1.54) is 0 Å². The molecule has 2 nitrogen and oxygen atoms in total. The molecule has 84 valence electrons. The minimum absolute atomic E-state index is 0.348. The highest BCUT2D eigenvalue weighted by Crippen LogP contribution is 2.24. The number of halogens is 2. The predicted octanol–water partition coefficient (Wildman–Crippen LogP) is 4.23. The second kappa shape index (κ2) is 5.57. The van der Waals surface area contributed by atoms with Crippen LogP contribution in [-0.2, 0) is 0 Å². The summed E-state index contributed by atoms with van der Waals surface area (Å²) < 4.78 is 0. The number of hydrogen-bond acceptors (Lipinski definition) is 2. The van der Waals surface area contributed by atoms with Gasteiger partial charge in [-0.25, -0.2) is 4.98 Å². The summed E-state index contributed by atoms with van der Waals surface area (Å²) in [6, 6.07) is 2.04. The fourth-order valence-electron chi connectivity index (χ4n) is 1.23. The second-order valence-corrected chi connectivity index (χ2v) is 4.65. The summed E-state index contributed by atoms with van der Waals surface area (Å²) in [6.45, 7) is 6.49. The number of pyridine rings is 1. The Morgan fingerprint density at radius 3 is 2.60 bits per heavy atom. The highest BCUT2D eigenvalue weighted by molar-refractivity contribution is 6.35. The minimum atomic E-state index is 0.348. The van der Waals surface area contributed by atoms with Crippen LogP contribution in [0, 0.1) is 5.92 Å². The summed E-state index contributed by atoms with van der Waals surface area (Å²) in [6.07, 6.45) is 2.72. The van der Waals surface area contributed by atoms with Crippen molar-refractivity contribution in [1.82, 2.24) is 4.98 Å². The molecule has 0 spiro atoms. The molecule has 0 fully saturated rings. The summed E-state index contributed by atoms with van der Waals surface area (Å²) >= 11 is 11.8. The van der Waals surface area contributed by atoms with E-state index in [2.05, 4.69) is 31.1 Å². The van der Waals surface area contributed by atoms with Gasteiger partial charge in [-0.05, 0) is 18.9 Å². The molecule has 0 radical (unpaired) electrons. The largest absolute Gasteiger partial charge is 0.366 e. The van der Waals surface area contributed by atoms with Crippen molar-refractivity contribution < 1.29 is 0 Å². The third-order valence-corrected chi connectivity index (χ3v) is 3.16. The lowest BCUT2D eigenvalue weighted by atomic mass is 10.0. The van der Waals surface area contributed by atoms with Crippen LogP contribution in [0.25, 0.3) is 0 Å². The molecule has 0 saturated carbocycles. The first-order chi connectivity index (χ1) is 7.04. The Morgan fingerprint density at radius 2 is 2.07 bits per heavy atom. The normalized spacial score (nSPS) is 14.7. The lowest BCUT2D eigenvalue weighted by molar-refractivity contribution is 0.493. The lowest BCUT2D eigenvalue weighted by Gasteiger charge is -2.20. The number of hydrogen-bond donors (Lipinski definition) is 1. The van der Waals surface area contributed by atoms with Gasteiger partial charge >= 0.3 is 0 Å². The average Bonchev–Trinajstić information content (AvgIpc) is 2.20. The second-order valence-electron chi connectivity index (χ2n) is 3.80. The highest BCUT2D eigenvalue weighted by Gasteiger charge is 2.12. The van der Waals surface area contributed by atoms with E-state index in [1.807, 2.05) is 0 Å². The summed E-state index contributed by atoms with van der Waals surface area (Å²) in [5.74, 6) is 1.28. The molecule has 0 aliphatic heterocycles. The van der Waals surface area contributed by atoms with Crippen molar-refractivity contribution in [3.63, 3.8) is 0 Å². The first kappa shape index (κ1) is 12.6. The third kappa shape index (κ3) is 3.54. The van der Waals surface area contributed by atoms with Crippen LogP contribution in [0.3, 0.4) is 0 Å². The SMILES string of the molecule is CCC(C)C(C)Nc1ncc(Cl)cc1Cl. The molecular weight excluding hydrogens is 231 g/mol. The van der Waals surface area contributed by atoms with Crippen molar-refractivity contribution in [2.45, 2.75) is 33.2 Å². The molecule has 0 aromatic carbocycles. The molecule has 0 aliphatic carbocycles. The molecule has 2 atom stereocenters. The van der Waals surface area contributed by atoms with Crippen LogP contribution in [0.4, 0.5) is 5.82 Å². The quantitative estimate of drug-likeness (QED) is 0.860. The van der Waals surface area contributed by atoms with Crippen LogP contribution < -0.4 is 5.32 Å². The smallest absolute Gasteiger partial charge is 0.145 e. The van der Waals surface area contributed by atoms with E-state index in [4.69, 9.17) is 23.2 Å². The Hall–Kier alpha value is -0.470. The number of rotatable bonds is 4. The summed E-state index contributed by atoms with van der Waals surface area (Å²) in [4.78, 5) is 4.16. The van der Waals surface area contributed by atoms with Crippen molar-refractivity contribution in [3.05, 3.63) is 22.3 Å². The van der Waals surface area contributed by atoms with E-state index >= 15 is 0 Å². The van der Waals surface area contributed by atoms with Gasteiger partial charge in [-0.15, -0.1) is 0 Å². The number of anilines is 1. The van der Waals surface area contributed by atoms with Crippen LogP contribution in [0.1, 0.15) is 27.2 Å². The summed E-state index contributed by atoms with van der Waals surface area (Å²) in [5, 5.41) is 4.41. The zero-order valence-corrected chi connectivity index (χ0v) is 10.7.